The Morgan fingerprint density at radius 3 is 1.93 bits per heavy atom. The Morgan fingerprint density at radius 2 is 1.32 bits per heavy atom. The summed E-state index contributed by atoms with van der Waals surface area (Å²) in [6, 6.07) is 10.5. The summed E-state index contributed by atoms with van der Waals surface area (Å²) in [5, 5.41) is 11.4. The molecule has 10 heteroatoms. The third kappa shape index (κ3) is 4.30. The maximum absolute atomic E-state index is 12.6. The van der Waals surface area contributed by atoms with E-state index in [2.05, 4.69) is 30.6 Å². The highest BCUT2D eigenvalue weighted by molar-refractivity contribution is 6.05. The van der Waals surface area contributed by atoms with Gasteiger partial charge in [0.25, 0.3) is 5.91 Å². The summed E-state index contributed by atoms with van der Waals surface area (Å²) in [5.74, 6) is 0.185. The zero-order chi connectivity index (χ0) is 17.8. The first-order chi connectivity index (χ1) is 12.8. The SMILES string of the molecule is Cl.Cl.O=C(Nc1c(-c2ccncc2)nnn1-c1ccncc1)c1ccncc1. The second-order valence-corrected chi connectivity index (χ2v) is 5.33. The molecule has 0 unspecified atom stereocenters. The fourth-order valence-corrected chi connectivity index (χ4v) is 2.45. The lowest BCUT2D eigenvalue weighted by Gasteiger charge is -2.10. The maximum atomic E-state index is 12.6. The van der Waals surface area contributed by atoms with Gasteiger partial charge in [0.15, 0.2) is 5.82 Å². The lowest BCUT2D eigenvalue weighted by atomic mass is 10.2. The number of aromatic nitrogens is 6. The highest BCUT2D eigenvalue weighted by Crippen LogP contribution is 2.27. The van der Waals surface area contributed by atoms with Crippen LogP contribution in [0.4, 0.5) is 5.82 Å². The molecule has 8 nitrogen and oxygen atoms in total. The van der Waals surface area contributed by atoms with E-state index in [-0.39, 0.29) is 30.7 Å². The molecule has 0 aliphatic rings. The van der Waals surface area contributed by atoms with E-state index in [0.29, 0.717) is 17.1 Å². The van der Waals surface area contributed by atoms with Gasteiger partial charge in [-0.1, -0.05) is 5.21 Å². The first-order valence-electron chi connectivity index (χ1n) is 7.81. The third-order valence-corrected chi connectivity index (χ3v) is 3.71. The Hall–Kier alpha value is -3.36. The van der Waals surface area contributed by atoms with Crippen molar-refractivity contribution in [2.45, 2.75) is 0 Å². The van der Waals surface area contributed by atoms with E-state index in [1.807, 2.05) is 12.1 Å². The van der Waals surface area contributed by atoms with Crippen molar-refractivity contribution in [3.05, 3.63) is 79.1 Å². The zero-order valence-corrected chi connectivity index (χ0v) is 16.0. The van der Waals surface area contributed by atoms with Crippen LogP contribution in [-0.4, -0.2) is 35.9 Å². The van der Waals surface area contributed by atoms with Gasteiger partial charge < -0.3 is 5.32 Å². The standard InChI is InChI=1S/C18H13N7O.2ClH/c26-18(14-3-9-20-10-4-14)22-17-16(13-1-7-19-8-2-13)23-24-25(17)15-5-11-21-12-6-15;;/h1-12H,(H,22,26);2*1H. The zero-order valence-electron chi connectivity index (χ0n) is 14.3. The molecule has 0 saturated carbocycles. The summed E-state index contributed by atoms with van der Waals surface area (Å²) in [6.07, 6.45) is 9.76. The molecule has 0 saturated heterocycles. The van der Waals surface area contributed by atoms with Crippen LogP contribution in [0.2, 0.25) is 0 Å². The largest absolute Gasteiger partial charge is 0.305 e. The predicted octanol–water partition coefficient (Wildman–Crippen LogP) is 3.22. The molecule has 4 aromatic rings. The Morgan fingerprint density at radius 1 is 0.786 bits per heavy atom. The molecule has 0 aliphatic carbocycles. The van der Waals surface area contributed by atoms with Crippen molar-refractivity contribution in [3.8, 4) is 16.9 Å². The molecular formula is C18H15Cl2N7O. The second-order valence-electron chi connectivity index (χ2n) is 5.33. The molecule has 142 valence electrons. The summed E-state index contributed by atoms with van der Waals surface area (Å²) >= 11 is 0. The van der Waals surface area contributed by atoms with Gasteiger partial charge in [-0.25, -0.2) is 0 Å². The van der Waals surface area contributed by atoms with Gasteiger partial charge in [0.1, 0.15) is 5.69 Å². The number of rotatable bonds is 4. The van der Waals surface area contributed by atoms with Crippen LogP contribution in [0, 0.1) is 0 Å². The maximum Gasteiger partial charge on any atom is 0.256 e. The smallest absolute Gasteiger partial charge is 0.256 e. The van der Waals surface area contributed by atoms with E-state index in [4.69, 9.17) is 0 Å². The van der Waals surface area contributed by atoms with Crippen molar-refractivity contribution >= 4 is 36.5 Å². The Kier molecular flexibility index (Phi) is 7.14. The molecule has 4 aromatic heterocycles. The lowest BCUT2D eigenvalue weighted by Crippen LogP contribution is -2.15. The quantitative estimate of drug-likeness (QED) is 0.549. The number of amides is 1. The van der Waals surface area contributed by atoms with Crippen LogP contribution < -0.4 is 5.32 Å². The minimum atomic E-state index is -0.277. The average Bonchev–Trinajstić information content (AvgIpc) is 3.13. The van der Waals surface area contributed by atoms with Gasteiger partial charge in [-0.3, -0.25) is 19.7 Å². The van der Waals surface area contributed by atoms with Gasteiger partial charge in [0.05, 0.1) is 5.69 Å². The summed E-state index contributed by atoms with van der Waals surface area (Å²) in [7, 11) is 0. The lowest BCUT2D eigenvalue weighted by molar-refractivity contribution is 0.102. The number of pyridine rings is 3. The second kappa shape index (κ2) is 9.54. The van der Waals surface area contributed by atoms with Crippen molar-refractivity contribution < 1.29 is 4.79 Å². The van der Waals surface area contributed by atoms with Crippen LogP contribution in [0.15, 0.2) is 73.6 Å². The number of halogens is 2. The third-order valence-electron chi connectivity index (χ3n) is 3.71. The van der Waals surface area contributed by atoms with Crippen LogP contribution in [0.5, 0.6) is 0 Å². The molecule has 0 atom stereocenters. The first kappa shape index (κ1) is 20.9. The number of carbonyl (C=O) groups is 1. The number of anilines is 1. The summed E-state index contributed by atoms with van der Waals surface area (Å²) in [5.41, 5.74) is 2.57. The van der Waals surface area contributed by atoms with Crippen LogP contribution in [-0.2, 0) is 0 Å². The van der Waals surface area contributed by atoms with Crippen LogP contribution in [0.3, 0.4) is 0 Å². The molecule has 28 heavy (non-hydrogen) atoms. The minimum absolute atomic E-state index is 0. The van der Waals surface area contributed by atoms with Gasteiger partial charge in [-0.15, -0.1) is 29.9 Å². The molecule has 0 aliphatic heterocycles. The van der Waals surface area contributed by atoms with Gasteiger partial charge in [0, 0.05) is 48.3 Å². The van der Waals surface area contributed by atoms with E-state index >= 15 is 0 Å². The van der Waals surface area contributed by atoms with Crippen LogP contribution in [0.25, 0.3) is 16.9 Å². The van der Waals surface area contributed by atoms with E-state index in [9.17, 15) is 4.79 Å². The molecule has 1 amide bonds. The molecule has 0 fully saturated rings. The van der Waals surface area contributed by atoms with E-state index < -0.39 is 0 Å². The Bertz CT molecular complexity index is 971. The van der Waals surface area contributed by atoms with Gasteiger partial charge in [-0.2, -0.15) is 4.68 Å². The van der Waals surface area contributed by atoms with Crippen molar-refractivity contribution in [2.75, 3.05) is 5.32 Å². The number of nitrogens with zero attached hydrogens (tertiary/aromatic N) is 6. The molecule has 0 spiro atoms. The number of hydrogen-bond donors (Lipinski definition) is 1. The monoisotopic (exact) mass is 415 g/mol. The molecule has 4 heterocycles. The molecular weight excluding hydrogens is 401 g/mol. The van der Waals surface area contributed by atoms with Crippen molar-refractivity contribution in [3.63, 3.8) is 0 Å². The van der Waals surface area contributed by atoms with Crippen molar-refractivity contribution in [1.82, 2.24) is 29.9 Å². The fourth-order valence-electron chi connectivity index (χ4n) is 2.45. The Labute approximate surface area is 172 Å². The summed E-state index contributed by atoms with van der Waals surface area (Å²) in [6.45, 7) is 0. The minimum Gasteiger partial charge on any atom is -0.305 e. The molecule has 4 rings (SSSR count). The molecule has 0 aromatic carbocycles. The average molecular weight is 416 g/mol. The molecule has 1 N–H and O–H groups in total. The van der Waals surface area contributed by atoms with Gasteiger partial charge >= 0.3 is 0 Å². The molecule has 0 radical (unpaired) electrons. The topological polar surface area (TPSA) is 98.5 Å². The Balaban J connectivity index is 0.00000140. The van der Waals surface area contributed by atoms with Crippen molar-refractivity contribution in [2.24, 2.45) is 0 Å². The van der Waals surface area contributed by atoms with Gasteiger partial charge in [0.2, 0.25) is 0 Å². The van der Waals surface area contributed by atoms with Crippen LogP contribution in [0.1, 0.15) is 10.4 Å². The number of carbonyl (C=O) groups excluding carboxylic acids is 1. The highest BCUT2D eigenvalue weighted by Gasteiger charge is 2.19. The van der Waals surface area contributed by atoms with E-state index in [1.165, 1.54) is 0 Å². The number of hydrogen-bond acceptors (Lipinski definition) is 6. The predicted molar refractivity (Wildman–Crippen MR) is 109 cm³/mol. The number of nitrogens with one attached hydrogen (secondary N) is 1. The van der Waals surface area contributed by atoms with Gasteiger partial charge in [-0.05, 0) is 36.4 Å². The van der Waals surface area contributed by atoms with Crippen molar-refractivity contribution in [1.29, 1.82) is 0 Å². The van der Waals surface area contributed by atoms with E-state index in [0.717, 1.165) is 11.3 Å². The normalized spacial score (nSPS) is 9.71. The van der Waals surface area contributed by atoms with E-state index in [1.54, 1.807) is 66.1 Å². The fraction of sp³-hybridized carbons (Fsp3) is 0. The summed E-state index contributed by atoms with van der Waals surface area (Å²) in [4.78, 5) is 24.6. The molecule has 0 bridgehead atoms. The van der Waals surface area contributed by atoms with Crippen LogP contribution >= 0.6 is 24.8 Å². The highest BCUT2D eigenvalue weighted by atomic mass is 35.5. The summed E-state index contributed by atoms with van der Waals surface area (Å²) < 4.78 is 1.57. The first-order valence-corrected chi connectivity index (χ1v) is 7.81.